The third-order valence-electron chi connectivity index (χ3n) is 3.79. The van der Waals surface area contributed by atoms with Crippen LogP contribution in [0.3, 0.4) is 0 Å². The Morgan fingerprint density at radius 1 is 1.31 bits per heavy atom. The number of pyridine rings is 1. The van der Waals surface area contributed by atoms with Gasteiger partial charge in [-0.15, -0.1) is 11.3 Å². The maximum absolute atomic E-state index is 12.1. The highest BCUT2D eigenvalue weighted by molar-refractivity contribution is 7.17. The molecule has 2 amide bonds. The molecule has 10 heteroatoms. The Morgan fingerprint density at radius 2 is 2.08 bits per heavy atom. The van der Waals surface area contributed by atoms with Gasteiger partial charge in [0, 0.05) is 11.1 Å². The molecule has 1 aliphatic carbocycles. The predicted molar refractivity (Wildman–Crippen MR) is 98.0 cm³/mol. The second kappa shape index (κ2) is 7.61. The molecule has 0 aliphatic heterocycles. The first-order valence-electron chi connectivity index (χ1n) is 7.59. The fourth-order valence-electron chi connectivity index (χ4n) is 2.66. The number of aromatic nitrogens is 1. The molecular weight excluding hydrogens is 401 g/mol. The smallest absolute Gasteiger partial charge is 0.340 e. The van der Waals surface area contributed by atoms with Crippen LogP contribution < -0.4 is 11.1 Å². The zero-order valence-electron chi connectivity index (χ0n) is 13.3. The molecule has 3 N–H and O–H groups in total. The number of nitrogens with one attached hydrogen (secondary N) is 1. The predicted octanol–water partition coefficient (Wildman–Crippen LogP) is 2.83. The van der Waals surface area contributed by atoms with Crippen LogP contribution in [0.4, 0.5) is 5.00 Å². The Balaban J connectivity index is 1.64. The number of amides is 2. The average Bonchev–Trinajstić information content (AvgIpc) is 3.15. The van der Waals surface area contributed by atoms with Crippen LogP contribution in [0.15, 0.2) is 12.3 Å². The van der Waals surface area contributed by atoms with E-state index in [0.29, 0.717) is 10.6 Å². The molecule has 0 bridgehead atoms. The van der Waals surface area contributed by atoms with Crippen molar-refractivity contribution in [3.05, 3.63) is 44.0 Å². The molecule has 3 rings (SSSR count). The van der Waals surface area contributed by atoms with Gasteiger partial charge < -0.3 is 15.8 Å². The zero-order chi connectivity index (χ0) is 18.8. The normalized spacial score (nSPS) is 12.5. The number of nitrogens with two attached hydrogens (primary N) is 1. The van der Waals surface area contributed by atoms with E-state index in [9.17, 15) is 14.4 Å². The summed E-state index contributed by atoms with van der Waals surface area (Å²) in [4.78, 5) is 40.5. The van der Waals surface area contributed by atoms with Gasteiger partial charge in [0.1, 0.15) is 10.2 Å². The molecule has 0 saturated heterocycles. The minimum absolute atomic E-state index is 0.0608. The van der Waals surface area contributed by atoms with Gasteiger partial charge in [-0.3, -0.25) is 9.59 Å². The number of carbonyl (C=O) groups is 3. The van der Waals surface area contributed by atoms with Crippen molar-refractivity contribution in [1.82, 2.24) is 4.98 Å². The second-order valence-electron chi connectivity index (χ2n) is 5.55. The van der Waals surface area contributed by atoms with Crippen LogP contribution in [0.2, 0.25) is 10.2 Å². The Labute approximate surface area is 162 Å². The van der Waals surface area contributed by atoms with Crippen LogP contribution in [-0.4, -0.2) is 29.4 Å². The molecule has 136 valence electrons. The first kappa shape index (κ1) is 18.6. The number of fused-ring (bicyclic) bond motifs is 1. The highest BCUT2D eigenvalue weighted by atomic mass is 35.5. The number of anilines is 1. The third kappa shape index (κ3) is 3.82. The maximum atomic E-state index is 12.1. The van der Waals surface area contributed by atoms with Crippen molar-refractivity contribution in [1.29, 1.82) is 0 Å². The van der Waals surface area contributed by atoms with Gasteiger partial charge in [0.05, 0.1) is 16.1 Å². The molecular formula is C16H13Cl2N3O4S. The molecule has 0 aromatic carbocycles. The number of hydrogen-bond donors (Lipinski definition) is 2. The number of nitrogens with zero attached hydrogens (tertiary/aromatic N) is 1. The molecule has 0 radical (unpaired) electrons. The summed E-state index contributed by atoms with van der Waals surface area (Å²) < 4.78 is 4.93. The molecule has 2 aromatic rings. The molecule has 0 unspecified atom stereocenters. The third-order valence-corrected chi connectivity index (χ3v) is 5.68. The van der Waals surface area contributed by atoms with Gasteiger partial charge in [0.2, 0.25) is 0 Å². The van der Waals surface area contributed by atoms with E-state index in [-0.39, 0.29) is 15.7 Å². The minimum Gasteiger partial charge on any atom is -0.452 e. The van der Waals surface area contributed by atoms with Crippen LogP contribution in [0, 0.1) is 0 Å². The van der Waals surface area contributed by atoms with Gasteiger partial charge >= 0.3 is 5.97 Å². The van der Waals surface area contributed by atoms with E-state index in [0.717, 1.165) is 29.7 Å². The van der Waals surface area contributed by atoms with Gasteiger partial charge in [-0.25, -0.2) is 9.78 Å². The van der Waals surface area contributed by atoms with E-state index in [1.807, 2.05) is 0 Å². The van der Waals surface area contributed by atoms with E-state index in [2.05, 4.69) is 10.3 Å². The monoisotopic (exact) mass is 413 g/mol. The Morgan fingerprint density at radius 3 is 2.77 bits per heavy atom. The lowest BCUT2D eigenvalue weighted by atomic mass is 10.1. The molecule has 0 spiro atoms. The number of esters is 1. The summed E-state index contributed by atoms with van der Waals surface area (Å²) in [5, 5.41) is 3.14. The Bertz CT molecular complexity index is 913. The Hall–Kier alpha value is -2.16. The first-order chi connectivity index (χ1) is 12.4. The summed E-state index contributed by atoms with van der Waals surface area (Å²) in [7, 11) is 0. The average molecular weight is 414 g/mol. The molecule has 0 atom stereocenters. The van der Waals surface area contributed by atoms with Crippen LogP contribution in [0.1, 0.15) is 37.6 Å². The highest BCUT2D eigenvalue weighted by Gasteiger charge is 2.26. The molecule has 0 saturated carbocycles. The molecule has 26 heavy (non-hydrogen) atoms. The topological polar surface area (TPSA) is 111 Å². The van der Waals surface area contributed by atoms with Crippen LogP contribution in [0.5, 0.6) is 0 Å². The van der Waals surface area contributed by atoms with Gasteiger partial charge in [0.25, 0.3) is 11.8 Å². The summed E-state index contributed by atoms with van der Waals surface area (Å²) in [6, 6.07) is 1.30. The summed E-state index contributed by atoms with van der Waals surface area (Å²) in [5.41, 5.74) is 6.75. The molecule has 2 aromatic heterocycles. The van der Waals surface area contributed by atoms with Crippen molar-refractivity contribution < 1.29 is 19.1 Å². The fourth-order valence-corrected chi connectivity index (χ4v) is 4.24. The number of carbonyl (C=O) groups excluding carboxylic acids is 3. The summed E-state index contributed by atoms with van der Waals surface area (Å²) in [6.07, 6.45) is 3.78. The number of aryl methyl sites for hydroxylation is 1. The fraction of sp³-hybridized carbons (Fsp3) is 0.250. The molecule has 1 aliphatic rings. The zero-order valence-corrected chi connectivity index (χ0v) is 15.6. The molecule has 2 heterocycles. The quantitative estimate of drug-likeness (QED) is 0.577. The van der Waals surface area contributed by atoms with Crippen molar-refractivity contribution in [2.24, 2.45) is 5.73 Å². The van der Waals surface area contributed by atoms with Gasteiger partial charge in [-0.1, -0.05) is 23.2 Å². The summed E-state index contributed by atoms with van der Waals surface area (Å²) in [5.74, 6) is -1.93. The minimum atomic E-state index is -0.769. The molecule has 0 fully saturated rings. The van der Waals surface area contributed by atoms with E-state index < -0.39 is 24.4 Å². The van der Waals surface area contributed by atoms with Crippen molar-refractivity contribution in [3.63, 3.8) is 0 Å². The van der Waals surface area contributed by atoms with Gasteiger partial charge in [-0.2, -0.15) is 0 Å². The van der Waals surface area contributed by atoms with E-state index in [1.165, 1.54) is 23.6 Å². The standard InChI is InChI=1S/C16H13Cl2N3O4S/c17-9-4-7(5-20-13(9)18)16(24)25-6-11(22)21-15-12(14(19)23)8-2-1-3-10(8)26-15/h4-5H,1-3,6H2,(H2,19,23)(H,21,22). The van der Waals surface area contributed by atoms with Crippen molar-refractivity contribution >= 4 is 57.3 Å². The van der Waals surface area contributed by atoms with E-state index in [4.69, 9.17) is 33.7 Å². The summed E-state index contributed by atoms with van der Waals surface area (Å²) in [6.45, 7) is -0.528. The van der Waals surface area contributed by atoms with Crippen LogP contribution in [-0.2, 0) is 22.4 Å². The number of rotatable bonds is 5. The SMILES string of the molecule is NC(=O)c1c(NC(=O)COC(=O)c2cnc(Cl)c(Cl)c2)sc2c1CCC2. The van der Waals surface area contributed by atoms with Crippen LogP contribution >= 0.6 is 34.5 Å². The largest absolute Gasteiger partial charge is 0.452 e. The van der Waals surface area contributed by atoms with Crippen molar-refractivity contribution in [3.8, 4) is 0 Å². The maximum Gasteiger partial charge on any atom is 0.340 e. The van der Waals surface area contributed by atoms with Crippen molar-refractivity contribution in [2.75, 3.05) is 11.9 Å². The lowest BCUT2D eigenvalue weighted by Crippen LogP contribution is -2.22. The molecule has 7 nitrogen and oxygen atoms in total. The van der Waals surface area contributed by atoms with Crippen molar-refractivity contribution in [2.45, 2.75) is 19.3 Å². The van der Waals surface area contributed by atoms with E-state index >= 15 is 0 Å². The lowest BCUT2D eigenvalue weighted by molar-refractivity contribution is -0.119. The first-order valence-corrected chi connectivity index (χ1v) is 9.16. The number of thiophene rings is 1. The second-order valence-corrected chi connectivity index (χ2v) is 7.42. The van der Waals surface area contributed by atoms with Gasteiger partial charge in [-0.05, 0) is 30.9 Å². The number of halogens is 2. The highest BCUT2D eigenvalue weighted by Crippen LogP contribution is 2.38. The van der Waals surface area contributed by atoms with Gasteiger partial charge in [0.15, 0.2) is 6.61 Å². The van der Waals surface area contributed by atoms with Crippen LogP contribution in [0.25, 0.3) is 0 Å². The summed E-state index contributed by atoms with van der Waals surface area (Å²) >= 11 is 12.8. The Kier molecular flexibility index (Phi) is 5.45. The number of hydrogen-bond acceptors (Lipinski definition) is 6. The lowest BCUT2D eigenvalue weighted by Gasteiger charge is -2.07. The number of ether oxygens (including phenoxy) is 1. The number of primary amides is 1. The van der Waals surface area contributed by atoms with E-state index in [1.54, 1.807) is 0 Å².